The van der Waals surface area contributed by atoms with Gasteiger partial charge in [0.1, 0.15) is 5.75 Å². The molecule has 1 heterocycles. The van der Waals surface area contributed by atoms with E-state index >= 15 is 0 Å². The van der Waals surface area contributed by atoms with Crippen molar-refractivity contribution in [1.29, 1.82) is 5.41 Å². The van der Waals surface area contributed by atoms with Crippen LogP contribution in [0, 0.1) is 5.41 Å². The van der Waals surface area contributed by atoms with E-state index in [1.54, 1.807) is 36.2 Å². The zero-order chi connectivity index (χ0) is 22.4. The van der Waals surface area contributed by atoms with Crippen LogP contribution in [-0.2, 0) is 4.74 Å². The molecule has 0 aliphatic carbocycles. The fourth-order valence-electron chi connectivity index (χ4n) is 3.14. The number of nitrogen functional groups attached to an aromatic ring is 1. The molecule has 5 N–H and O–H groups in total. The van der Waals surface area contributed by atoms with E-state index in [1.807, 2.05) is 18.7 Å². The Morgan fingerprint density at radius 1 is 1.30 bits per heavy atom. The van der Waals surface area contributed by atoms with E-state index in [4.69, 9.17) is 26.5 Å². The fraction of sp³-hybridized carbons (Fsp3) is 0.429. The maximum Gasteiger partial charge on any atom is 0.409 e. The molecule has 1 amide bonds. The number of hydrazine groups is 1. The summed E-state index contributed by atoms with van der Waals surface area (Å²) < 4.78 is 10.5. The lowest BCUT2D eigenvalue weighted by Crippen LogP contribution is -2.48. The molecule has 9 nitrogen and oxygen atoms in total. The van der Waals surface area contributed by atoms with Gasteiger partial charge in [0, 0.05) is 51.6 Å². The van der Waals surface area contributed by atoms with Gasteiger partial charge in [0.25, 0.3) is 0 Å². The van der Waals surface area contributed by atoms with Gasteiger partial charge in [-0.25, -0.2) is 10.6 Å². The van der Waals surface area contributed by atoms with Gasteiger partial charge >= 0.3 is 6.09 Å². The molecule has 30 heavy (non-hydrogen) atoms. The van der Waals surface area contributed by atoms with Crippen molar-refractivity contribution in [2.24, 2.45) is 5.84 Å². The number of hydrogen-bond acceptors (Lipinski definition) is 8. The largest absolute Gasteiger partial charge is 0.491 e. The summed E-state index contributed by atoms with van der Waals surface area (Å²) in [5, 5.41) is 10.1. The SMILES string of the molecule is C=C(/C=C(/C(=N)c1cc(OC(C)C)ccc1N)N(C)N)N1CCN(C(=O)OC)CC1.[HH]. The molecule has 1 aliphatic heterocycles. The Labute approximate surface area is 179 Å². The third kappa shape index (κ3) is 5.66. The van der Waals surface area contributed by atoms with Crippen molar-refractivity contribution in [3.63, 3.8) is 0 Å². The van der Waals surface area contributed by atoms with Crippen molar-refractivity contribution in [3.05, 3.63) is 47.8 Å². The Bertz CT molecular complexity index is 832. The third-order valence-corrected chi connectivity index (χ3v) is 4.72. The number of allylic oxidation sites excluding steroid dienone is 2. The molecule has 0 spiro atoms. The van der Waals surface area contributed by atoms with E-state index in [0.29, 0.717) is 54.6 Å². The molecule has 166 valence electrons. The van der Waals surface area contributed by atoms with Crippen molar-refractivity contribution in [1.82, 2.24) is 14.8 Å². The van der Waals surface area contributed by atoms with Crippen molar-refractivity contribution >= 4 is 17.5 Å². The lowest BCUT2D eigenvalue weighted by Gasteiger charge is -2.35. The van der Waals surface area contributed by atoms with Gasteiger partial charge in [0.05, 0.1) is 24.6 Å². The highest BCUT2D eigenvalue weighted by atomic mass is 16.5. The molecule has 1 saturated heterocycles. The van der Waals surface area contributed by atoms with Crippen LogP contribution in [0.5, 0.6) is 5.75 Å². The normalized spacial score (nSPS) is 14.5. The van der Waals surface area contributed by atoms with Crippen LogP contribution >= 0.6 is 0 Å². The van der Waals surface area contributed by atoms with E-state index in [0.717, 1.165) is 0 Å². The Morgan fingerprint density at radius 2 is 1.90 bits per heavy atom. The van der Waals surface area contributed by atoms with E-state index in [1.165, 1.54) is 12.1 Å². The number of hydrogen-bond donors (Lipinski definition) is 3. The molecule has 1 aromatic rings. The third-order valence-electron chi connectivity index (χ3n) is 4.72. The first-order valence-electron chi connectivity index (χ1n) is 9.76. The minimum atomic E-state index is -0.334. The van der Waals surface area contributed by atoms with Gasteiger partial charge in [-0.1, -0.05) is 6.58 Å². The Kier molecular flexibility index (Phi) is 7.71. The number of nitrogens with zero attached hydrogens (tertiary/aromatic N) is 3. The molecule has 0 radical (unpaired) electrons. The van der Waals surface area contributed by atoms with Gasteiger partial charge in [0.2, 0.25) is 0 Å². The molecule has 1 fully saturated rings. The number of anilines is 1. The fourth-order valence-corrected chi connectivity index (χ4v) is 3.14. The Morgan fingerprint density at radius 3 is 2.43 bits per heavy atom. The number of methoxy groups -OCH3 is 1. The number of carbonyl (C=O) groups excluding carboxylic acids is 1. The molecule has 1 aliphatic rings. The van der Waals surface area contributed by atoms with Gasteiger partial charge in [-0.2, -0.15) is 0 Å². The number of rotatable bonds is 7. The number of benzene rings is 1. The molecule has 0 aromatic heterocycles. The monoisotopic (exact) mass is 418 g/mol. The zero-order valence-corrected chi connectivity index (χ0v) is 18.1. The molecule has 0 saturated carbocycles. The van der Waals surface area contributed by atoms with E-state index < -0.39 is 0 Å². The topological polar surface area (TPSA) is 121 Å². The molecule has 0 unspecified atom stereocenters. The van der Waals surface area contributed by atoms with Crippen LogP contribution in [0.15, 0.2) is 42.2 Å². The predicted octanol–water partition coefficient (Wildman–Crippen LogP) is 2.26. The molecule has 9 heteroatoms. The van der Waals surface area contributed by atoms with Crippen LogP contribution in [0.3, 0.4) is 0 Å². The number of likely N-dealkylation sites (N-methyl/N-ethyl adjacent to an activating group) is 1. The molecule has 2 rings (SSSR count). The summed E-state index contributed by atoms with van der Waals surface area (Å²) in [5.41, 5.74) is 8.44. The molecule has 0 bridgehead atoms. The van der Waals surface area contributed by atoms with Crippen molar-refractivity contribution in [3.8, 4) is 5.75 Å². The second-order valence-corrected chi connectivity index (χ2v) is 7.37. The smallest absolute Gasteiger partial charge is 0.409 e. The summed E-state index contributed by atoms with van der Waals surface area (Å²) in [6.07, 6.45) is 1.43. The lowest BCUT2D eigenvalue weighted by atomic mass is 10.0. The van der Waals surface area contributed by atoms with Crippen molar-refractivity contribution in [2.75, 3.05) is 46.1 Å². The summed E-state index contributed by atoms with van der Waals surface area (Å²) in [4.78, 5) is 15.3. The number of piperazine rings is 1. The lowest BCUT2D eigenvalue weighted by molar-refractivity contribution is 0.101. The number of carbonyl (C=O) groups is 1. The summed E-state index contributed by atoms with van der Waals surface area (Å²) in [6, 6.07) is 5.24. The van der Waals surface area contributed by atoms with Crippen molar-refractivity contribution < 1.29 is 15.7 Å². The van der Waals surface area contributed by atoms with Crippen LogP contribution < -0.4 is 16.3 Å². The van der Waals surface area contributed by atoms with Gasteiger partial charge in [-0.15, -0.1) is 0 Å². The summed E-state index contributed by atoms with van der Waals surface area (Å²) >= 11 is 0. The average Bonchev–Trinajstić information content (AvgIpc) is 2.71. The minimum Gasteiger partial charge on any atom is -0.491 e. The van der Waals surface area contributed by atoms with Crippen LogP contribution in [-0.4, -0.2) is 73.1 Å². The summed E-state index contributed by atoms with van der Waals surface area (Å²) in [7, 11) is 3.03. The number of amides is 1. The molecular weight excluding hydrogens is 384 g/mol. The highest BCUT2D eigenvalue weighted by molar-refractivity contribution is 6.13. The first-order valence-corrected chi connectivity index (χ1v) is 9.76. The Balaban J connectivity index is 0.00000480. The highest BCUT2D eigenvalue weighted by Gasteiger charge is 2.23. The first kappa shape index (κ1) is 23.1. The summed E-state index contributed by atoms with van der Waals surface area (Å²) in [5.74, 6) is 6.66. The van der Waals surface area contributed by atoms with Crippen LogP contribution in [0.25, 0.3) is 0 Å². The molecule has 1 aromatic carbocycles. The van der Waals surface area contributed by atoms with Gasteiger partial charge in [-0.05, 0) is 38.1 Å². The maximum atomic E-state index is 11.7. The van der Waals surface area contributed by atoms with E-state index in [9.17, 15) is 4.79 Å². The first-order chi connectivity index (χ1) is 14.1. The number of nitrogens with one attached hydrogen (secondary N) is 1. The van der Waals surface area contributed by atoms with Crippen LogP contribution in [0.1, 0.15) is 20.8 Å². The van der Waals surface area contributed by atoms with E-state index in [-0.39, 0.29) is 19.3 Å². The predicted molar refractivity (Wildman–Crippen MR) is 120 cm³/mol. The summed E-state index contributed by atoms with van der Waals surface area (Å²) in [6.45, 7) is 10.3. The minimum absolute atomic E-state index is 0. The second-order valence-electron chi connectivity index (χ2n) is 7.37. The zero-order valence-electron chi connectivity index (χ0n) is 18.1. The second kappa shape index (κ2) is 10.0. The van der Waals surface area contributed by atoms with Crippen LogP contribution in [0.4, 0.5) is 10.5 Å². The highest BCUT2D eigenvalue weighted by Crippen LogP contribution is 2.24. The van der Waals surface area contributed by atoms with Crippen molar-refractivity contribution in [2.45, 2.75) is 20.0 Å². The van der Waals surface area contributed by atoms with Crippen LogP contribution in [0.2, 0.25) is 0 Å². The maximum absolute atomic E-state index is 11.7. The van der Waals surface area contributed by atoms with Gasteiger partial charge in [0.15, 0.2) is 0 Å². The average molecular weight is 419 g/mol. The molecular formula is C21H34N6O3. The number of nitrogens with two attached hydrogens (primary N) is 2. The van der Waals surface area contributed by atoms with Gasteiger partial charge < -0.3 is 30.0 Å². The Hall–Kier alpha value is -3.20. The van der Waals surface area contributed by atoms with Gasteiger partial charge in [-0.3, -0.25) is 5.41 Å². The number of ether oxygens (including phenoxy) is 2. The van der Waals surface area contributed by atoms with E-state index in [2.05, 4.69) is 6.58 Å². The standard InChI is InChI=1S/C21H32N6O3.H2/c1-14(2)30-16-6-7-18(22)17(13-16)20(23)19(25(4)24)12-15(3)26-8-10-27(11-9-26)21(28)29-5;/h6-7,12-14,23H,3,8-11,22,24H2,1-2,4-5H3;1H/b19-12-,23-20?;. The quantitative estimate of drug-likeness (QED) is 0.204. The molecule has 0 atom stereocenters.